The number of aliphatic hydroxyl groups is 1. The van der Waals surface area contributed by atoms with Crippen LogP contribution in [0.4, 0.5) is 0 Å². The Bertz CT molecular complexity index is 806. The molecular formula is C25H37N3O3. The number of methoxy groups -OCH3 is 1. The minimum absolute atomic E-state index is 0.274. The third-order valence-corrected chi connectivity index (χ3v) is 5.92. The van der Waals surface area contributed by atoms with Crippen LogP contribution < -0.4 is 14.8 Å². The highest BCUT2D eigenvalue weighted by atomic mass is 16.5. The lowest BCUT2D eigenvalue weighted by Gasteiger charge is -2.33. The number of benzene rings is 2. The maximum atomic E-state index is 10.5. The summed E-state index contributed by atoms with van der Waals surface area (Å²) in [4.78, 5) is 4.61. The van der Waals surface area contributed by atoms with Crippen LogP contribution in [0, 0.1) is 6.92 Å². The van der Waals surface area contributed by atoms with Crippen molar-refractivity contribution in [2.45, 2.75) is 26.0 Å². The molecule has 0 bridgehead atoms. The van der Waals surface area contributed by atoms with E-state index in [0.29, 0.717) is 13.1 Å². The minimum Gasteiger partial charge on any atom is -0.497 e. The zero-order valence-electron chi connectivity index (χ0n) is 19.1. The lowest BCUT2D eigenvalue weighted by atomic mass is 10.1. The molecule has 2 aromatic carbocycles. The Morgan fingerprint density at radius 1 is 1.06 bits per heavy atom. The van der Waals surface area contributed by atoms with E-state index in [1.807, 2.05) is 18.2 Å². The van der Waals surface area contributed by atoms with Gasteiger partial charge in [-0.3, -0.25) is 4.90 Å². The molecule has 0 saturated carbocycles. The molecule has 0 aromatic heterocycles. The molecule has 1 aliphatic heterocycles. The first-order chi connectivity index (χ1) is 15.0. The van der Waals surface area contributed by atoms with Crippen LogP contribution in [-0.4, -0.2) is 81.0 Å². The highest BCUT2D eigenvalue weighted by Gasteiger charge is 2.18. The van der Waals surface area contributed by atoms with E-state index >= 15 is 0 Å². The average Bonchev–Trinajstić information content (AvgIpc) is 2.78. The van der Waals surface area contributed by atoms with Crippen LogP contribution in [0.3, 0.4) is 0 Å². The SMILES string of the molecule is COc1ccc(CNCCc2ccccc2C)c(OCC(O)CN2CCN(C)CC2)c1. The van der Waals surface area contributed by atoms with Crippen LogP contribution >= 0.6 is 0 Å². The van der Waals surface area contributed by atoms with Gasteiger partial charge in [0.15, 0.2) is 0 Å². The highest BCUT2D eigenvalue weighted by Crippen LogP contribution is 2.25. The van der Waals surface area contributed by atoms with Crippen LogP contribution in [0.25, 0.3) is 0 Å². The zero-order chi connectivity index (χ0) is 22.1. The number of hydrogen-bond acceptors (Lipinski definition) is 6. The van der Waals surface area contributed by atoms with Crippen molar-refractivity contribution in [3.63, 3.8) is 0 Å². The summed E-state index contributed by atoms with van der Waals surface area (Å²) in [6.45, 7) is 8.73. The predicted molar refractivity (Wildman–Crippen MR) is 125 cm³/mol. The number of nitrogens with zero attached hydrogens (tertiary/aromatic N) is 2. The number of aryl methyl sites for hydroxylation is 1. The fraction of sp³-hybridized carbons (Fsp3) is 0.520. The molecular weight excluding hydrogens is 390 g/mol. The quantitative estimate of drug-likeness (QED) is 0.537. The van der Waals surface area contributed by atoms with Gasteiger partial charge in [0.2, 0.25) is 0 Å². The summed E-state index contributed by atoms with van der Waals surface area (Å²) in [5.41, 5.74) is 3.76. The topological polar surface area (TPSA) is 57.2 Å². The molecule has 2 N–H and O–H groups in total. The maximum Gasteiger partial charge on any atom is 0.127 e. The molecule has 1 atom stereocenters. The van der Waals surface area contributed by atoms with Crippen LogP contribution in [-0.2, 0) is 13.0 Å². The number of likely N-dealkylation sites (N-methyl/N-ethyl adjacent to an activating group) is 1. The van der Waals surface area contributed by atoms with Gasteiger partial charge in [-0.15, -0.1) is 0 Å². The molecule has 0 aliphatic carbocycles. The monoisotopic (exact) mass is 427 g/mol. The molecule has 3 rings (SSSR count). The van der Waals surface area contributed by atoms with E-state index in [4.69, 9.17) is 9.47 Å². The Balaban J connectivity index is 1.50. The van der Waals surface area contributed by atoms with Crippen molar-refractivity contribution in [2.75, 3.05) is 60.0 Å². The number of rotatable bonds is 11. The standard InChI is InChI=1S/C25H37N3O3/c1-20-6-4-5-7-21(20)10-11-26-17-22-8-9-24(30-3)16-25(22)31-19-23(29)18-28-14-12-27(2)13-15-28/h4-9,16,23,26,29H,10-15,17-19H2,1-3H3. The van der Waals surface area contributed by atoms with E-state index < -0.39 is 6.10 Å². The summed E-state index contributed by atoms with van der Waals surface area (Å²) in [7, 11) is 3.79. The third kappa shape index (κ3) is 7.51. The van der Waals surface area contributed by atoms with Crippen molar-refractivity contribution in [3.8, 4) is 11.5 Å². The van der Waals surface area contributed by atoms with Crippen LogP contribution in [0.1, 0.15) is 16.7 Å². The predicted octanol–water partition coefficient (Wildman–Crippen LogP) is 2.32. The van der Waals surface area contributed by atoms with Crippen molar-refractivity contribution >= 4 is 0 Å². The van der Waals surface area contributed by atoms with Gasteiger partial charge in [-0.2, -0.15) is 0 Å². The zero-order valence-corrected chi connectivity index (χ0v) is 19.1. The molecule has 170 valence electrons. The molecule has 6 nitrogen and oxygen atoms in total. The van der Waals surface area contributed by atoms with Gasteiger partial charge in [0.25, 0.3) is 0 Å². The maximum absolute atomic E-state index is 10.5. The highest BCUT2D eigenvalue weighted by molar-refractivity contribution is 5.40. The average molecular weight is 428 g/mol. The third-order valence-electron chi connectivity index (χ3n) is 5.92. The Hall–Kier alpha value is -2.12. The van der Waals surface area contributed by atoms with Gasteiger partial charge in [-0.05, 0) is 44.1 Å². The molecule has 1 aliphatic rings. The van der Waals surface area contributed by atoms with Crippen molar-refractivity contribution in [2.24, 2.45) is 0 Å². The van der Waals surface area contributed by atoms with Gasteiger partial charge in [0.1, 0.15) is 24.2 Å². The second kappa shape index (κ2) is 12.1. The fourth-order valence-electron chi connectivity index (χ4n) is 3.85. The number of β-amino-alcohol motifs (C(OH)–C–C–N with tert-alkyl or cyclic N) is 1. The smallest absolute Gasteiger partial charge is 0.127 e. The lowest BCUT2D eigenvalue weighted by molar-refractivity contribution is 0.0501. The molecule has 31 heavy (non-hydrogen) atoms. The summed E-state index contributed by atoms with van der Waals surface area (Å²) in [6, 6.07) is 14.4. The Morgan fingerprint density at radius 2 is 1.84 bits per heavy atom. The van der Waals surface area contributed by atoms with Gasteiger partial charge in [0.05, 0.1) is 7.11 Å². The molecule has 2 aromatic rings. The molecule has 1 unspecified atom stereocenters. The second-order valence-electron chi connectivity index (χ2n) is 8.40. The Labute approximate surface area is 186 Å². The van der Waals surface area contributed by atoms with Crippen molar-refractivity contribution < 1.29 is 14.6 Å². The van der Waals surface area contributed by atoms with Crippen molar-refractivity contribution in [1.29, 1.82) is 0 Å². The molecule has 6 heteroatoms. The summed E-state index contributed by atoms with van der Waals surface area (Å²) in [5, 5.41) is 14.0. The Kier molecular flexibility index (Phi) is 9.15. The van der Waals surface area contributed by atoms with Gasteiger partial charge in [-0.25, -0.2) is 0 Å². The van der Waals surface area contributed by atoms with E-state index in [0.717, 1.165) is 56.2 Å². The van der Waals surface area contributed by atoms with E-state index in [1.54, 1.807) is 7.11 Å². The fourth-order valence-corrected chi connectivity index (χ4v) is 3.85. The van der Waals surface area contributed by atoms with Gasteiger partial charge < -0.3 is 24.8 Å². The van der Waals surface area contributed by atoms with Gasteiger partial charge in [0, 0.05) is 50.9 Å². The van der Waals surface area contributed by atoms with Crippen LogP contribution in [0.5, 0.6) is 11.5 Å². The number of nitrogens with one attached hydrogen (secondary N) is 1. The summed E-state index contributed by atoms with van der Waals surface area (Å²) < 4.78 is 11.4. The van der Waals surface area contributed by atoms with E-state index in [2.05, 4.69) is 53.4 Å². The van der Waals surface area contributed by atoms with Gasteiger partial charge in [-0.1, -0.05) is 30.3 Å². The normalized spacial score (nSPS) is 16.3. The lowest BCUT2D eigenvalue weighted by Crippen LogP contribution is -2.47. The molecule has 0 spiro atoms. The van der Waals surface area contributed by atoms with E-state index in [-0.39, 0.29) is 6.61 Å². The molecule has 0 radical (unpaired) electrons. The summed E-state index contributed by atoms with van der Waals surface area (Å²) in [5.74, 6) is 1.52. The molecule has 1 heterocycles. The largest absolute Gasteiger partial charge is 0.497 e. The molecule has 1 saturated heterocycles. The number of aliphatic hydroxyl groups excluding tert-OH is 1. The first-order valence-corrected chi connectivity index (χ1v) is 11.2. The van der Waals surface area contributed by atoms with Gasteiger partial charge >= 0.3 is 0 Å². The summed E-state index contributed by atoms with van der Waals surface area (Å²) >= 11 is 0. The Morgan fingerprint density at radius 3 is 2.58 bits per heavy atom. The van der Waals surface area contributed by atoms with Crippen molar-refractivity contribution in [3.05, 3.63) is 59.2 Å². The summed E-state index contributed by atoms with van der Waals surface area (Å²) in [6.07, 6.45) is 0.472. The van der Waals surface area contributed by atoms with Crippen LogP contribution in [0.15, 0.2) is 42.5 Å². The second-order valence-corrected chi connectivity index (χ2v) is 8.40. The number of hydrogen-bond donors (Lipinski definition) is 2. The molecule has 1 fully saturated rings. The molecule has 0 amide bonds. The van der Waals surface area contributed by atoms with E-state index in [9.17, 15) is 5.11 Å². The first kappa shape index (κ1) is 23.5. The minimum atomic E-state index is -0.517. The van der Waals surface area contributed by atoms with Crippen LogP contribution in [0.2, 0.25) is 0 Å². The number of ether oxygens (including phenoxy) is 2. The first-order valence-electron chi connectivity index (χ1n) is 11.2. The van der Waals surface area contributed by atoms with E-state index in [1.165, 1.54) is 11.1 Å². The number of piperazine rings is 1. The van der Waals surface area contributed by atoms with Crippen molar-refractivity contribution in [1.82, 2.24) is 15.1 Å².